The van der Waals surface area contributed by atoms with Crippen molar-refractivity contribution in [2.24, 2.45) is 0 Å². The molecule has 0 radical (unpaired) electrons. The summed E-state index contributed by atoms with van der Waals surface area (Å²) in [5, 5.41) is 11.4. The molecule has 1 unspecified atom stereocenters. The highest BCUT2D eigenvalue weighted by Gasteiger charge is 2.27. The van der Waals surface area contributed by atoms with E-state index in [0.29, 0.717) is 38.2 Å². The number of benzene rings is 1. The predicted molar refractivity (Wildman–Crippen MR) is 96.4 cm³/mol. The molecule has 142 valence electrons. The number of aliphatic carboxylic acids is 1. The molecule has 26 heavy (non-hydrogen) atoms. The Bertz CT molecular complexity index is 647. The normalized spacial score (nSPS) is 16.9. The number of nitrogens with one attached hydrogen (secondary N) is 1. The van der Waals surface area contributed by atoms with Crippen LogP contribution in [0.1, 0.15) is 30.1 Å². The first-order valence-electron chi connectivity index (χ1n) is 8.62. The molecule has 1 atom stereocenters. The fourth-order valence-corrected chi connectivity index (χ4v) is 2.96. The first-order chi connectivity index (χ1) is 12.4. The maximum absolute atomic E-state index is 12.2. The number of anilines is 1. The van der Waals surface area contributed by atoms with Crippen LogP contribution >= 0.6 is 0 Å². The van der Waals surface area contributed by atoms with Gasteiger partial charge in [-0.3, -0.25) is 4.79 Å². The first-order valence-corrected chi connectivity index (χ1v) is 8.62. The molecule has 1 aliphatic rings. The molecule has 2 rings (SSSR count). The molecular weight excluding hydrogens is 338 g/mol. The van der Waals surface area contributed by atoms with E-state index >= 15 is 0 Å². The van der Waals surface area contributed by atoms with Crippen LogP contribution in [0.15, 0.2) is 24.3 Å². The Hall–Kier alpha value is -2.77. The van der Waals surface area contributed by atoms with Crippen molar-refractivity contribution in [1.82, 2.24) is 10.2 Å². The van der Waals surface area contributed by atoms with Crippen LogP contribution in [0, 0.1) is 0 Å². The lowest BCUT2D eigenvalue weighted by Gasteiger charge is -2.41. The number of hydrogen-bond donors (Lipinski definition) is 2. The van der Waals surface area contributed by atoms with Crippen LogP contribution in [0.5, 0.6) is 0 Å². The minimum absolute atomic E-state index is 0.0171. The molecule has 0 bridgehead atoms. The van der Waals surface area contributed by atoms with E-state index in [1.807, 2.05) is 19.1 Å². The number of amides is 2. The topological polar surface area (TPSA) is 99.2 Å². The molecule has 8 heteroatoms. The van der Waals surface area contributed by atoms with Gasteiger partial charge in [-0.25, -0.2) is 9.59 Å². The predicted octanol–water partition coefficient (Wildman–Crippen LogP) is 1.56. The number of piperazine rings is 1. The van der Waals surface area contributed by atoms with E-state index < -0.39 is 5.97 Å². The molecule has 0 aromatic heterocycles. The Kier molecular flexibility index (Phi) is 6.82. The zero-order chi connectivity index (χ0) is 19.1. The second-order valence-corrected chi connectivity index (χ2v) is 6.26. The van der Waals surface area contributed by atoms with Crippen LogP contribution in [0.3, 0.4) is 0 Å². The van der Waals surface area contributed by atoms with Crippen molar-refractivity contribution in [1.29, 1.82) is 0 Å². The molecule has 1 aliphatic heterocycles. The number of carboxylic acid groups (broad SMARTS) is 1. The van der Waals surface area contributed by atoms with Crippen molar-refractivity contribution in [3.63, 3.8) is 0 Å². The number of urea groups is 1. The standard InChI is InChI=1S/C18H25N3O5/c1-13-12-20(15-7-5-14(6-8-15)17(24)26-2)10-11-21(13)18(25)19-9-3-4-16(22)23/h5-8,13H,3-4,9-12H2,1-2H3,(H,19,25)(H,22,23). The molecule has 1 saturated heterocycles. The highest BCUT2D eigenvalue weighted by atomic mass is 16.5. The minimum atomic E-state index is -0.862. The number of methoxy groups -OCH3 is 1. The van der Waals surface area contributed by atoms with Crippen molar-refractivity contribution in [2.45, 2.75) is 25.8 Å². The molecule has 1 aromatic carbocycles. The van der Waals surface area contributed by atoms with Crippen molar-refractivity contribution in [2.75, 3.05) is 38.2 Å². The van der Waals surface area contributed by atoms with Crippen LogP contribution in [0.2, 0.25) is 0 Å². The van der Waals surface area contributed by atoms with Gasteiger partial charge in [0.25, 0.3) is 0 Å². The van der Waals surface area contributed by atoms with Crippen LogP contribution in [0.25, 0.3) is 0 Å². The lowest BCUT2D eigenvalue weighted by Crippen LogP contribution is -2.56. The Morgan fingerprint density at radius 2 is 1.92 bits per heavy atom. The van der Waals surface area contributed by atoms with Gasteiger partial charge in [-0.2, -0.15) is 0 Å². The fourth-order valence-electron chi connectivity index (χ4n) is 2.96. The van der Waals surface area contributed by atoms with Gasteiger partial charge in [0.15, 0.2) is 0 Å². The molecule has 0 aliphatic carbocycles. The number of hydrogen-bond acceptors (Lipinski definition) is 5. The monoisotopic (exact) mass is 363 g/mol. The zero-order valence-electron chi connectivity index (χ0n) is 15.1. The fraction of sp³-hybridized carbons (Fsp3) is 0.500. The SMILES string of the molecule is COC(=O)c1ccc(N2CCN(C(=O)NCCCC(=O)O)C(C)C2)cc1. The van der Waals surface area contributed by atoms with Crippen LogP contribution in [-0.4, -0.2) is 67.3 Å². The number of ether oxygens (including phenoxy) is 1. The second-order valence-electron chi connectivity index (χ2n) is 6.26. The van der Waals surface area contributed by atoms with Crippen LogP contribution in [0.4, 0.5) is 10.5 Å². The summed E-state index contributed by atoms with van der Waals surface area (Å²) in [5.74, 6) is -1.23. The molecule has 2 N–H and O–H groups in total. The quantitative estimate of drug-likeness (QED) is 0.588. The van der Waals surface area contributed by atoms with E-state index in [2.05, 4.69) is 10.2 Å². The van der Waals surface area contributed by atoms with Gasteiger partial charge in [0.2, 0.25) is 0 Å². The molecule has 1 fully saturated rings. The molecule has 1 aromatic rings. The van der Waals surface area contributed by atoms with E-state index in [9.17, 15) is 14.4 Å². The van der Waals surface area contributed by atoms with Crippen LogP contribution in [-0.2, 0) is 9.53 Å². The summed E-state index contributed by atoms with van der Waals surface area (Å²) in [7, 11) is 1.35. The largest absolute Gasteiger partial charge is 0.481 e. The first kappa shape index (κ1) is 19.6. The van der Waals surface area contributed by atoms with Gasteiger partial charge in [-0.05, 0) is 37.6 Å². The van der Waals surface area contributed by atoms with Gasteiger partial charge in [0.1, 0.15) is 0 Å². The number of carbonyl (C=O) groups is 3. The Morgan fingerprint density at radius 3 is 2.50 bits per heavy atom. The van der Waals surface area contributed by atoms with E-state index in [0.717, 1.165) is 5.69 Å². The number of esters is 1. The van der Waals surface area contributed by atoms with Gasteiger partial charge < -0.3 is 25.0 Å². The average Bonchev–Trinajstić information content (AvgIpc) is 2.64. The molecule has 1 heterocycles. The van der Waals surface area contributed by atoms with E-state index in [-0.39, 0.29) is 24.5 Å². The Morgan fingerprint density at radius 1 is 1.23 bits per heavy atom. The number of carboxylic acids is 1. The van der Waals surface area contributed by atoms with Crippen molar-refractivity contribution in [3.05, 3.63) is 29.8 Å². The third-order valence-electron chi connectivity index (χ3n) is 4.39. The summed E-state index contributed by atoms with van der Waals surface area (Å²) in [4.78, 5) is 38.2. The van der Waals surface area contributed by atoms with Gasteiger partial charge in [-0.1, -0.05) is 0 Å². The van der Waals surface area contributed by atoms with Gasteiger partial charge >= 0.3 is 18.0 Å². The highest BCUT2D eigenvalue weighted by molar-refractivity contribution is 5.89. The summed E-state index contributed by atoms with van der Waals surface area (Å²) >= 11 is 0. The van der Waals surface area contributed by atoms with Gasteiger partial charge in [0.05, 0.1) is 12.7 Å². The maximum atomic E-state index is 12.2. The zero-order valence-corrected chi connectivity index (χ0v) is 15.1. The van der Waals surface area contributed by atoms with Crippen molar-refractivity contribution >= 4 is 23.7 Å². The Labute approximate surface area is 152 Å². The molecular formula is C18H25N3O5. The maximum Gasteiger partial charge on any atom is 0.337 e. The Balaban J connectivity index is 1.86. The summed E-state index contributed by atoms with van der Waals surface area (Å²) in [5.41, 5.74) is 1.50. The lowest BCUT2D eigenvalue weighted by atomic mass is 10.1. The summed E-state index contributed by atoms with van der Waals surface area (Å²) in [6.07, 6.45) is 0.465. The van der Waals surface area contributed by atoms with E-state index in [1.54, 1.807) is 17.0 Å². The summed E-state index contributed by atoms with van der Waals surface area (Å²) in [6.45, 7) is 4.27. The number of carbonyl (C=O) groups excluding carboxylic acids is 2. The molecule has 0 spiro atoms. The van der Waals surface area contributed by atoms with Crippen molar-refractivity contribution in [3.8, 4) is 0 Å². The second kappa shape index (κ2) is 9.07. The smallest absolute Gasteiger partial charge is 0.337 e. The summed E-state index contributed by atoms with van der Waals surface area (Å²) < 4.78 is 4.70. The summed E-state index contributed by atoms with van der Waals surface area (Å²) in [6, 6.07) is 7.06. The van der Waals surface area contributed by atoms with E-state index in [4.69, 9.17) is 9.84 Å². The minimum Gasteiger partial charge on any atom is -0.481 e. The van der Waals surface area contributed by atoms with Gasteiger partial charge in [0, 0.05) is 44.3 Å². The van der Waals surface area contributed by atoms with E-state index in [1.165, 1.54) is 7.11 Å². The lowest BCUT2D eigenvalue weighted by molar-refractivity contribution is -0.137. The van der Waals surface area contributed by atoms with Crippen LogP contribution < -0.4 is 10.2 Å². The van der Waals surface area contributed by atoms with Gasteiger partial charge in [-0.15, -0.1) is 0 Å². The average molecular weight is 363 g/mol. The van der Waals surface area contributed by atoms with Crippen molar-refractivity contribution < 1.29 is 24.2 Å². The number of rotatable bonds is 6. The third-order valence-corrected chi connectivity index (χ3v) is 4.39. The molecule has 2 amide bonds. The molecule has 8 nitrogen and oxygen atoms in total. The third kappa shape index (κ3) is 5.11. The number of nitrogens with zero attached hydrogens (tertiary/aromatic N) is 2. The molecule has 0 saturated carbocycles. The highest BCUT2D eigenvalue weighted by Crippen LogP contribution is 2.20.